The van der Waals surface area contributed by atoms with Gasteiger partial charge in [0, 0.05) is 36.9 Å². The van der Waals surface area contributed by atoms with Crippen LogP contribution in [0.4, 0.5) is 11.4 Å². The molecule has 0 saturated heterocycles. The lowest BCUT2D eigenvalue weighted by molar-refractivity contribution is -0.113. The van der Waals surface area contributed by atoms with E-state index in [1.54, 1.807) is 10.6 Å². The minimum Gasteiger partial charge on any atom is -0.378 e. The van der Waals surface area contributed by atoms with E-state index in [0.717, 1.165) is 16.3 Å². The molecule has 2 heterocycles. The molecule has 146 valence electrons. The summed E-state index contributed by atoms with van der Waals surface area (Å²) in [6.45, 7) is 6.02. The smallest absolute Gasteiger partial charge is 0.263 e. The van der Waals surface area contributed by atoms with Gasteiger partial charge in [0.25, 0.3) is 5.56 Å². The lowest BCUT2D eigenvalue weighted by atomic mass is 10.2. The standard InChI is InChI=1S/C20H22N4O2S2/c1-5-10-24-19(26)16-11-13(2)28-18(16)22-20(24)27-12-17(25)21-14-6-8-15(9-7-14)23(3)4/h5-9,11H,1,10,12H2,2-4H3,(H,21,25). The first kappa shape index (κ1) is 20.2. The summed E-state index contributed by atoms with van der Waals surface area (Å²) >= 11 is 2.73. The molecule has 1 N–H and O–H groups in total. The minimum absolute atomic E-state index is 0.101. The molecule has 0 fully saturated rings. The molecule has 0 radical (unpaired) electrons. The number of benzene rings is 1. The number of nitrogens with one attached hydrogen (secondary N) is 1. The van der Waals surface area contributed by atoms with Crippen molar-refractivity contribution in [1.82, 2.24) is 9.55 Å². The summed E-state index contributed by atoms with van der Waals surface area (Å²) in [6, 6.07) is 9.47. The SMILES string of the molecule is C=CCn1c(SCC(=O)Nc2ccc(N(C)C)cc2)nc2sc(C)cc2c1=O. The van der Waals surface area contributed by atoms with Crippen molar-refractivity contribution in [2.24, 2.45) is 0 Å². The van der Waals surface area contributed by atoms with Crippen LogP contribution in [0.3, 0.4) is 0 Å². The lowest BCUT2D eigenvalue weighted by Crippen LogP contribution is -2.23. The molecule has 0 aliphatic carbocycles. The van der Waals surface area contributed by atoms with Crippen LogP contribution in [0.2, 0.25) is 0 Å². The second kappa shape index (κ2) is 8.62. The van der Waals surface area contributed by atoms with Crippen molar-refractivity contribution < 1.29 is 4.79 Å². The van der Waals surface area contributed by atoms with Crippen LogP contribution in [0.15, 0.2) is 52.9 Å². The third-order valence-electron chi connectivity index (χ3n) is 4.05. The highest BCUT2D eigenvalue weighted by Crippen LogP contribution is 2.24. The Morgan fingerprint density at radius 1 is 1.36 bits per heavy atom. The van der Waals surface area contributed by atoms with E-state index in [1.807, 2.05) is 56.3 Å². The fourth-order valence-electron chi connectivity index (χ4n) is 2.69. The third-order valence-corrected chi connectivity index (χ3v) is 5.97. The molecule has 0 atom stereocenters. The van der Waals surface area contributed by atoms with Crippen molar-refractivity contribution in [3.8, 4) is 0 Å². The highest BCUT2D eigenvalue weighted by molar-refractivity contribution is 7.99. The molecule has 0 unspecified atom stereocenters. The van der Waals surface area contributed by atoms with Gasteiger partial charge in [-0.05, 0) is 37.3 Å². The molecule has 3 rings (SSSR count). The molecule has 3 aromatic rings. The second-order valence-electron chi connectivity index (χ2n) is 6.45. The van der Waals surface area contributed by atoms with Gasteiger partial charge in [0.1, 0.15) is 4.83 Å². The van der Waals surface area contributed by atoms with E-state index in [-0.39, 0.29) is 17.2 Å². The van der Waals surface area contributed by atoms with Gasteiger partial charge < -0.3 is 10.2 Å². The van der Waals surface area contributed by atoms with Gasteiger partial charge in [-0.2, -0.15) is 0 Å². The number of aryl methyl sites for hydroxylation is 1. The van der Waals surface area contributed by atoms with Crippen LogP contribution in [0.25, 0.3) is 10.2 Å². The predicted molar refractivity (Wildman–Crippen MR) is 119 cm³/mol. The fraction of sp³-hybridized carbons (Fsp3) is 0.250. The summed E-state index contributed by atoms with van der Waals surface area (Å²) in [5, 5.41) is 4.01. The van der Waals surface area contributed by atoms with Crippen LogP contribution in [0.1, 0.15) is 4.88 Å². The molecule has 0 saturated carbocycles. The van der Waals surface area contributed by atoms with Crippen molar-refractivity contribution in [2.75, 3.05) is 30.1 Å². The summed E-state index contributed by atoms with van der Waals surface area (Å²) in [5.41, 5.74) is 1.69. The van der Waals surface area contributed by atoms with Gasteiger partial charge in [-0.1, -0.05) is 17.8 Å². The van der Waals surface area contributed by atoms with Crippen LogP contribution in [-0.2, 0) is 11.3 Å². The fourth-order valence-corrected chi connectivity index (χ4v) is 4.42. The highest BCUT2D eigenvalue weighted by Gasteiger charge is 2.14. The number of aromatic nitrogens is 2. The molecular formula is C20H22N4O2S2. The van der Waals surface area contributed by atoms with Crippen LogP contribution >= 0.6 is 23.1 Å². The van der Waals surface area contributed by atoms with E-state index < -0.39 is 0 Å². The molecule has 0 aliphatic rings. The first-order chi connectivity index (χ1) is 13.4. The number of carbonyl (C=O) groups excluding carboxylic acids is 1. The van der Waals surface area contributed by atoms with Crippen LogP contribution in [0.5, 0.6) is 0 Å². The van der Waals surface area contributed by atoms with Crippen LogP contribution in [-0.4, -0.2) is 35.3 Å². The zero-order chi connectivity index (χ0) is 20.3. The number of carbonyl (C=O) groups is 1. The molecule has 8 heteroatoms. The van der Waals surface area contributed by atoms with Crippen molar-refractivity contribution in [2.45, 2.75) is 18.6 Å². The summed E-state index contributed by atoms with van der Waals surface area (Å²) < 4.78 is 1.56. The summed E-state index contributed by atoms with van der Waals surface area (Å²) in [6.07, 6.45) is 1.66. The maximum Gasteiger partial charge on any atom is 0.263 e. The molecule has 0 spiro atoms. The van der Waals surface area contributed by atoms with E-state index >= 15 is 0 Å². The van der Waals surface area contributed by atoms with E-state index in [9.17, 15) is 9.59 Å². The van der Waals surface area contributed by atoms with Gasteiger partial charge in [-0.25, -0.2) is 4.98 Å². The van der Waals surface area contributed by atoms with Crippen molar-refractivity contribution in [3.63, 3.8) is 0 Å². The van der Waals surface area contributed by atoms with E-state index in [0.29, 0.717) is 21.9 Å². The Hall–Kier alpha value is -2.58. The van der Waals surface area contributed by atoms with Gasteiger partial charge in [-0.3, -0.25) is 14.2 Å². The van der Waals surface area contributed by atoms with E-state index in [4.69, 9.17) is 0 Å². The van der Waals surface area contributed by atoms with Gasteiger partial charge in [0.2, 0.25) is 5.91 Å². The number of fused-ring (bicyclic) bond motifs is 1. The summed E-state index contributed by atoms with van der Waals surface area (Å²) in [4.78, 5) is 33.4. The average Bonchev–Trinajstić information content (AvgIpc) is 3.04. The predicted octanol–water partition coefficient (Wildman–Crippen LogP) is 3.75. The Kier molecular flexibility index (Phi) is 6.21. The number of allylic oxidation sites excluding steroid dienone is 1. The number of thioether (sulfide) groups is 1. The molecular weight excluding hydrogens is 392 g/mol. The number of hydrogen-bond acceptors (Lipinski definition) is 6. The number of nitrogens with zero attached hydrogens (tertiary/aromatic N) is 3. The van der Waals surface area contributed by atoms with Gasteiger partial charge in [-0.15, -0.1) is 17.9 Å². The van der Waals surface area contributed by atoms with Crippen LogP contribution < -0.4 is 15.8 Å². The topological polar surface area (TPSA) is 67.2 Å². The zero-order valence-electron chi connectivity index (χ0n) is 16.1. The largest absolute Gasteiger partial charge is 0.378 e. The third kappa shape index (κ3) is 4.45. The first-order valence-corrected chi connectivity index (χ1v) is 10.5. The molecule has 0 aliphatic heterocycles. The molecule has 0 bridgehead atoms. The number of thiophene rings is 1. The molecule has 28 heavy (non-hydrogen) atoms. The van der Waals surface area contributed by atoms with Crippen molar-refractivity contribution in [1.29, 1.82) is 0 Å². The Bertz CT molecular complexity index is 1070. The molecule has 1 amide bonds. The minimum atomic E-state index is -0.149. The normalized spacial score (nSPS) is 10.8. The number of rotatable bonds is 7. The molecule has 6 nitrogen and oxygen atoms in total. The zero-order valence-corrected chi connectivity index (χ0v) is 17.7. The lowest BCUT2D eigenvalue weighted by Gasteiger charge is -2.13. The maximum absolute atomic E-state index is 12.7. The van der Waals surface area contributed by atoms with Gasteiger partial charge in [0.15, 0.2) is 5.16 Å². The van der Waals surface area contributed by atoms with Gasteiger partial charge in [0.05, 0.1) is 11.1 Å². The summed E-state index contributed by atoms with van der Waals surface area (Å²) in [7, 11) is 3.93. The Morgan fingerprint density at radius 2 is 2.07 bits per heavy atom. The number of amides is 1. The molecule has 1 aromatic carbocycles. The molecule has 2 aromatic heterocycles. The Labute approximate surface area is 171 Å². The quantitative estimate of drug-likeness (QED) is 0.362. The number of anilines is 2. The Morgan fingerprint density at radius 3 is 2.71 bits per heavy atom. The number of hydrogen-bond donors (Lipinski definition) is 1. The second-order valence-corrected chi connectivity index (χ2v) is 8.63. The first-order valence-electron chi connectivity index (χ1n) is 8.71. The maximum atomic E-state index is 12.7. The van der Waals surface area contributed by atoms with Crippen LogP contribution in [0, 0.1) is 6.92 Å². The Balaban J connectivity index is 1.75. The van der Waals surface area contributed by atoms with E-state index in [1.165, 1.54) is 23.1 Å². The average molecular weight is 415 g/mol. The summed E-state index contributed by atoms with van der Waals surface area (Å²) in [5.74, 6) is 0.0129. The van der Waals surface area contributed by atoms with E-state index in [2.05, 4.69) is 16.9 Å². The highest BCUT2D eigenvalue weighted by atomic mass is 32.2. The van der Waals surface area contributed by atoms with Crippen molar-refractivity contribution in [3.05, 3.63) is 58.2 Å². The monoisotopic (exact) mass is 414 g/mol. The van der Waals surface area contributed by atoms with Crippen molar-refractivity contribution >= 4 is 50.6 Å². The van der Waals surface area contributed by atoms with Gasteiger partial charge >= 0.3 is 0 Å².